The Bertz CT molecular complexity index is 626. The van der Waals surface area contributed by atoms with Gasteiger partial charge in [0, 0.05) is 5.56 Å². The van der Waals surface area contributed by atoms with Crippen LogP contribution in [0.3, 0.4) is 0 Å². The van der Waals surface area contributed by atoms with Crippen molar-refractivity contribution in [3.05, 3.63) is 48.0 Å². The molecule has 0 aliphatic heterocycles. The smallest absolute Gasteiger partial charge is 0.316 e. The Morgan fingerprint density at radius 2 is 1.61 bits per heavy atom. The minimum absolute atomic E-state index is 0.374. The third kappa shape index (κ3) is 1.99. The maximum absolute atomic E-state index is 12.2. The SMILES string of the molecule is CC(C)(C(=O)O)C(=O)c1ccc2ccccc2c1. The number of Topliss-reactive ketones (excluding diaryl/α,β-unsaturated/α-hetero) is 1. The van der Waals surface area contributed by atoms with Crippen LogP contribution in [-0.4, -0.2) is 16.9 Å². The van der Waals surface area contributed by atoms with Crippen molar-refractivity contribution in [2.45, 2.75) is 13.8 Å². The fraction of sp³-hybridized carbons (Fsp3) is 0.200. The number of carboxylic acid groups (broad SMARTS) is 1. The van der Waals surface area contributed by atoms with Gasteiger partial charge in [0.2, 0.25) is 0 Å². The van der Waals surface area contributed by atoms with Gasteiger partial charge >= 0.3 is 5.97 Å². The normalized spacial score (nSPS) is 11.4. The molecule has 3 nitrogen and oxygen atoms in total. The number of aliphatic carboxylic acids is 1. The first-order chi connectivity index (χ1) is 8.43. The molecule has 0 saturated heterocycles. The maximum atomic E-state index is 12.2. The summed E-state index contributed by atoms with van der Waals surface area (Å²) >= 11 is 0. The van der Waals surface area contributed by atoms with E-state index in [9.17, 15) is 9.59 Å². The molecule has 92 valence electrons. The van der Waals surface area contributed by atoms with Crippen LogP contribution in [-0.2, 0) is 4.79 Å². The second kappa shape index (κ2) is 4.26. The number of benzene rings is 2. The first-order valence-electron chi connectivity index (χ1n) is 5.70. The third-order valence-electron chi connectivity index (χ3n) is 3.11. The molecule has 0 bridgehead atoms. The topological polar surface area (TPSA) is 54.4 Å². The van der Waals surface area contributed by atoms with Crippen molar-refractivity contribution in [1.82, 2.24) is 0 Å². The lowest BCUT2D eigenvalue weighted by Gasteiger charge is -2.17. The zero-order chi connectivity index (χ0) is 13.3. The predicted octanol–water partition coefficient (Wildman–Crippen LogP) is 3.13. The quantitative estimate of drug-likeness (QED) is 0.664. The summed E-state index contributed by atoms with van der Waals surface area (Å²) in [5.74, 6) is -1.48. The number of carbonyl (C=O) groups excluding carboxylic acids is 1. The monoisotopic (exact) mass is 242 g/mol. The molecule has 2 aromatic carbocycles. The average molecular weight is 242 g/mol. The predicted molar refractivity (Wildman–Crippen MR) is 69.7 cm³/mol. The zero-order valence-corrected chi connectivity index (χ0v) is 10.3. The third-order valence-corrected chi connectivity index (χ3v) is 3.11. The summed E-state index contributed by atoms with van der Waals surface area (Å²) in [6.07, 6.45) is 0. The molecule has 0 heterocycles. The summed E-state index contributed by atoms with van der Waals surface area (Å²) in [5.41, 5.74) is -0.969. The van der Waals surface area contributed by atoms with E-state index in [4.69, 9.17) is 5.11 Å². The molecular formula is C15H14O3. The summed E-state index contributed by atoms with van der Waals surface area (Å²) in [6.45, 7) is 2.85. The molecule has 0 aliphatic rings. The van der Waals surface area contributed by atoms with Crippen molar-refractivity contribution in [1.29, 1.82) is 0 Å². The minimum Gasteiger partial charge on any atom is -0.481 e. The molecule has 0 amide bonds. The summed E-state index contributed by atoms with van der Waals surface area (Å²) in [7, 11) is 0. The van der Waals surface area contributed by atoms with Gasteiger partial charge in [-0.1, -0.05) is 36.4 Å². The highest BCUT2D eigenvalue weighted by atomic mass is 16.4. The Labute approximate surface area is 105 Å². The van der Waals surface area contributed by atoms with Crippen LogP contribution in [0.4, 0.5) is 0 Å². The zero-order valence-electron chi connectivity index (χ0n) is 10.3. The van der Waals surface area contributed by atoms with Gasteiger partial charge in [0.15, 0.2) is 5.78 Å². The summed E-state index contributed by atoms with van der Waals surface area (Å²) in [5, 5.41) is 11.0. The molecule has 2 rings (SSSR count). The number of carbonyl (C=O) groups is 2. The molecule has 0 unspecified atom stereocenters. The molecular weight excluding hydrogens is 228 g/mol. The highest BCUT2D eigenvalue weighted by Gasteiger charge is 2.36. The Hall–Kier alpha value is -2.16. The average Bonchev–Trinajstić information content (AvgIpc) is 2.37. The Morgan fingerprint density at radius 3 is 2.22 bits per heavy atom. The minimum atomic E-state index is -1.40. The molecule has 2 aromatic rings. The number of hydrogen-bond acceptors (Lipinski definition) is 2. The van der Waals surface area contributed by atoms with Crippen LogP contribution in [0.15, 0.2) is 42.5 Å². The molecule has 3 heteroatoms. The van der Waals surface area contributed by atoms with E-state index in [2.05, 4.69) is 0 Å². The Morgan fingerprint density at radius 1 is 1.00 bits per heavy atom. The van der Waals surface area contributed by atoms with E-state index in [0.29, 0.717) is 5.56 Å². The maximum Gasteiger partial charge on any atom is 0.316 e. The van der Waals surface area contributed by atoms with Gasteiger partial charge < -0.3 is 5.11 Å². The van der Waals surface area contributed by atoms with Crippen LogP contribution in [0, 0.1) is 5.41 Å². The first kappa shape index (κ1) is 12.3. The largest absolute Gasteiger partial charge is 0.481 e. The van der Waals surface area contributed by atoms with Gasteiger partial charge in [-0.05, 0) is 30.7 Å². The van der Waals surface area contributed by atoms with Crippen LogP contribution >= 0.6 is 0 Å². The lowest BCUT2D eigenvalue weighted by molar-refractivity contribution is -0.144. The lowest BCUT2D eigenvalue weighted by atomic mass is 9.84. The molecule has 1 N–H and O–H groups in total. The van der Waals surface area contributed by atoms with Gasteiger partial charge in [0.05, 0.1) is 0 Å². The van der Waals surface area contributed by atoms with E-state index >= 15 is 0 Å². The van der Waals surface area contributed by atoms with Gasteiger partial charge in [-0.3, -0.25) is 9.59 Å². The Kier molecular flexibility index (Phi) is 2.91. The highest BCUT2D eigenvalue weighted by molar-refractivity contribution is 6.12. The van der Waals surface area contributed by atoms with E-state index < -0.39 is 11.4 Å². The van der Waals surface area contributed by atoms with Crippen LogP contribution in [0.1, 0.15) is 24.2 Å². The molecule has 0 saturated carbocycles. The van der Waals surface area contributed by atoms with Gasteiger partial charge in [-0.25, -0.2) is 0 Å². The molecule has 0 fully saturated rings. The second-order valence-electron chi connectivity index (χ2n) is 4.82. The standard InChI is InChI=1S/C15H14O3/c1-15(2,14(17)18)13(16)12-8-7-10-5-3-4-6-11(10)9-12/h3-9H,1-2H3,(H,17,18). The molecule has 0 aliphatic carbocycles. The van der Waals surface area contributed by atoms with Gasteiger partial charge in [-0.15, -0.1) is 0 Å². The Balaban J connectivity index is 2.49. The first-order valence-corrected chi connectivity index (χ1v) is 5.70. The fourth-order valence-corrected chi connectivity index (χ4v) is 1.79. The number of hydrogen-bond donors (Lipinski definition) is 1. The van der Waals surface area contributed by atoms with E-state index in [0.717, 1.165) is 10.8 Å². The van der Waals surface area contributed by atoms with Crippen LogP contribution in [0.5, 0.6) is 0 Å². The van der Waals surface area contributed by atoms with E-state index in [-0.39, 0.29) is 5.78 Å². The number of ketones is 1. The van der Waals surface area contributed by atoms with Crippen molar-refractivity contribution in [2.24, 2.45) is 5.41 Å². The van der Waals surface area contributed by atoms with Crippen molar-refractivity contribution >= 4 is 22.5 Å². The molecule has 0 radical (unpaired) electrons. The molecule has 18 heavy (non-hydrogen) atoms. The van der Waals surface area contributed by atoms with E-state index in [1.165, 1.54) is 13.8 Å². The number of carboxylic acids is 1. The van der Waals surface area contributed by atoms with Crippen LogP contribution < -0.4 is 0 Å². The lowest BCUT2D eigenvalue weighted by Crippen LogP contribution is -2.33. The molecule has 0 atom stereocenters. The van der Waals surface area contributed by atoms with Crippen molar-refractivity contribution in [3.8, 4) is 0 Å². The van der Waals surface area contributed by atoms with Crippen LogP contribution in [0.2, 0.25) is 0 Å². The second-order valence-corrected chi connectivity index (χ2v) is 4.82. The van der Waals surface area contributed by atoms with Crippen molar-refractivity contribution in [3.63, 3.8) is 0 Å². The van der Waals surface area contributed by atoms with Crippen molar-refractivity contribution < 1.29 is 14.7 Å². The van der Waals surface area contributed by atoms with E-state index in [1.807, 2.05) is 30.3 Å². The molecule has 0 aromatic heterocycles. The highest BCUT2D eigenvalue weighted by Crippen LogP contribution is 2.24. The summed E-state index contributed by atoms with van der Waals surface area (Å²) < 4.78 is 0. The fourth-order valence-electron chi connectivity index (χ4n) is 1.79. The van der Waals surface area contributed by atoms with Gasteiger partial charge in [-0.2, -0.15) is 0 Å². The van der Waals surface area contributed by atoms with Gasteiger partial charge in [0.25, 0.3) is 0 Å². The number of fused-ring (bicyclic) bond motifs is 1. The molecule has 0 spiro atoms. The summed E-state index contributed by atoms with van der Waals surface area (Å²) in [6, 6.07) is 12.9. The van der Waals surface area contributed by atoms with E-state index in [1.54, 1.807) is 12.1 Å². The summed E-state index contributed by atoms with van der Waals surface area (Å²) in [4.78, 5) is 23.2. The van der Waals surface area contributed by atoms with Gasteiger partial charge in [0.1, 0.15) is 5.41 Å². The van der Waals surface area contributed by atoms with Crippen molar-refractivity contribution in [2.75, 3.05) is 0 Å². The van der Waals surface area contributed by atoms with Crippen LogP contribution in [0.25, 0.3) is 10.8 Å². The number of rotatable bonds is 3.